The van der Waals surface area contributed by atoms with E-state index in [0.29, 0.717) is 24.2 Å². The SMILES string of the molecule is Cc1cc(F)ccc1C(=O)N(CCN(C)C)Cc1nc[nH]c1C. The molecule has 0 fully saturated rings. The molecular formula is C17H23FN4O. The number of likely N-dealkylation sites (N-methyl/N-ethyl adjacent to an activating group) is 1. The van der Waals surface area contributed by atoms with E-state index in [-0.39, 0.29) is 11.7 Å². The van der Waals surface area contributed by atoms with Crippen molar-refractivity contribution in [2.45, 2.75) is 20.4 Å². The number of imidazole rings is 1. The topological polar surface area (TPSA) is 52.2 Å². The Hall–Kier alpha value is -2.21. The third-order valence-electron chi connectivity index (χ3n) is 3.80. The molecule has 0 saturated carbocycles. The molecule has 0 saturated heterocycles. The van der Waals surface area contributed by atoms with Gasteiger partial charge in [-0.3, -0.25) is 4.79 Å². The van der Waals surface area contributed by atoms with Crippen LogP contribution in [0, 0.1) is 19.7 Å². The van der Waals surface area contributed by atoms with Crippen LogP contribution in [0.4, 0.5) is 4.39 Å². The number of H-pyrrole nitrogens is 1. The second-order valence-electron chi connectivity index (χ2n) is 5.96. The molecule has 0 aliphatic heterocycles. The van der Waals surface area contributed by atoms with Gasteiger partial charge >= 0.3 is 0 Å². The first-order valence-corrected chi connectivity index (χ1v) is 7.57. The molecule has 0 bridgehead atoms. The molecule has 2 rings (SSSR count). The van der Waals surface area contributed by atoms with Crippen molar-refractivity contribution in [2.24, 2.45) is 0 Å². The minimum absolute atomic E-state index is 0.105. The van der Waals surface area contributed by atoms with Gasteiger partial charge in [-0.05, 0) is 51.7 Å². The summed E-state index contributed by atoms with van der Waals surface area (Å²) in [5.41, 5.74) is 2.96. The van der Waals surface area contributed by atoms with Crippen molar-refractivity contribution in [1.29, 1.82) is 0 Å². The van der Waals surface area contributed by atoms with Gasteiger partial charge in [-0.25, -0.2) is 9.37 Å². The van der Waals surface area contributed by atoms with Gasteiger partial charge in [-0.2, -0.15) is 0 Å². The van der Waals surface area contributed by atoms with Crippen LogP contribution in [0.2, 0.25) is 0 Å². The number of nitrogens with zero attached hydrogens (tertiary/aromatic N) is 3. The maximum absolute atomic E-state index is 13.3. The molecule has 124 valence electrons. The van der Waals surface area contributed by atoms with Gasteiger partial charge in [0.25, 0.3) is 5.91 Å². The van der Waals surface area contributed by atoms with E-state index in [2.05, 4.69) is 9.97 Å². The summed E-state index contributed by atoms with van der Waals surface area (Å²) >= 11 is 0. The van der Waals surface area contributed by atoms with Gasteiger partial charge in [-0.1, -0.05) is 0 Å². The molecule has 1 aromatic heterocycles. The molecule has 2 aromatic rings. The van der Waals surface area contributed by atoms with Gasteiger partial charge < -0.3 is 14.8 Å². The van der Waals surface area contributed by atoms with Crippen molar-refractivity contribution in [3.05, 3.63) is 52.9 Å². The molecule has 5 nitrogen and oxygen atoms in total. The van der Waals surface area contributed by atoms with Gasteiger partial charge in [0.1, 0.15) is 5.82 Å². The highest BCUT2D eigenvalue weighted by atomic mass is 19.1. The molecule has 1 heterocycles. The number of aromatic amines is 1. The number of carbonyl (C=O) groups is 1. The second-order valence-corrected chi connectivity index (χ2v) is 5.96. The Labute approximate surface area is 136 Å². The maximum atomic E-state index is 13.3. The Morgan fingerprint density at radius 3 is 2.57 bits per heavy atom. The summed E-state index contributed by atoms with van der Waals surface area (Å²) in [6.45, 7) is 5.43. The molecule has 0 unspecified atom stereocenters. The lowest BCUT2D eigenvalue weighted by Gasteiger charge is -2.25. The fraction of sp³-hybridized carbons (Fsp3) is 0.412. The number of halogens is 1. The Kier molecular flexibility index (Phi) is 5.50. The summed E-state index contributed by atoms with van der Waals surface area (Å²) < 4.78 is 13.3. The van der Waals surface area contributed by atoms with E-state index in [1.165, 1.54) is 12.1 Å². The van der Waals surface area contributed by atoms with E-state index in [1.54, 1.807) is 24.2 Å². The molecule has 1 amide bonds. The fourth-order valence-corrected chi connectivity index (χ4v) is 2.34. The van der Waals surface area contributed by atoms with Crippen LogP contribution < -0.4 is 0 Å². The molecular weight excluding hydrogens is 295 g/mol. The van der Waals surface area contributed by atoms with Gasteiger partial charge in [0.2, 0.25) is 0 Å². The highest BCUT2D eigenvalue weighted by Crippen LogP contribution is 2.15. The summed E-state index contributed by atoms with van der Waals surface area (Å²) in [5.74, 6) is -0.436. The largest absolute Gasteiger partial charge is 0.348 e. The zero-order valence-electron chi connectivity index (χ0n) is 14.1. The average Bonchev–Trinajstić information content (AvgIpc) is 2.87. The smallest absolute Gasteiger partial charge is 0.254 e. The van der Waals surface area contributed by atoms with Crippen molar-refractivity contribution in [3.8, 4) is 0 Å². The van der Waals surface area contributed by atoms with Crippen LogP contribution in [0.3, 0.4) is 0 Å². The van der Waals surface area contributed by atoms with Crippen molar-refractivity contribution >= 4 is 5.91 Å². The van der Waals surface area contributed by atoms with Crippen molar-refractivity contribution in [2.75, 3.05) is 27.2 Å². The first-order valence-electron chi connectivity index (χ1n) is 7.57. The zero-order valence-corrected chi connectivity index (χ0v) is 14.1. The molecule has 0 radical (unpaired) electrons. The highest BCUT2D eigenvalue weighted by molar-refractivity contribution is 5.95. The highest BCUT2D eigenvalue weighted by Gasteiger charge is 2.20. The van der Waals surface area contributed by atoms with Gasteiger partial charge in [0.05, 0.1) is 18.6 Å². The van der Waals surface area contributed by atoms with Crippen molar-refractivity contribution in [1.82, 2.24) is 19.8 Å². The zero-order chi connectivity index (χ0) is 17.0. The maximum Gasteiger partial charge on any atom is 0.254 e. The number of carbonyl (C=O) groups excluding carboxylic acids is 1. The third kappa shape index (κ3) is 4.39. The minimum Gasteiger partial charge on any atom is -0.348 e. The standard InChI is InChI=1S/C17H23FN4O/c1-12-9-14(18)5-6-15(12)17(23)22(8-7-21(3)4)10-16-13(2)19-11-20-16/h5-6,9,11H,7-8,10H2,1-4H3,(H,19,20). The summed E-state index contributed by atoms with van der Waals surface area (Å²) in [7, 11) is 3.93. The lowest BCUT2D eigenvalue weighted by atomic mass is 10.1. The fourth-order valence-electron chi connectivity index (χ4n) is 2.34. The van der Waals surface area contributed by atoms with Crippen molar-refractivity contribution < 1.29 is 9.18 Å². The van der Waals surface area contributed by atoms with E-state index in [4.69, 9.17) is 0 Å². The Morgan fingerprint density at radius 1 is 1.26 bits per heavy atom. The number of hydrogen-bond acceptors (Lipinski definition) is 3. The Bertz CT molecular complexity index is 681. The first kappa shape index (κ1) is 17.1. The predicted octanol–water partition coefficient (Wildman–Crippen LogP) is 2.37. The molecule has 23 heavy (non-hydrogen) atoms. The third-order valence-corrected chi connectivity index (χ3v) is 3.80. The van der Waals surface area contributed by atoms with Crippen LogP contribution in [0.1, 0.15) is 27.3 Å². The molecule has 0 spiro atoms. The van der Waals surface area contributed by atoms with E-state index in [1.807, 2.05) is 25.9 Å². The summed E-state index contributed by atoms with van der Waals surface area (Å²) in [5, 5.41) is 0. The van der Waals surface area contributed by atoms with Crippen LogP contribution in [-0.4, -0.2) is 52.9 Å². The quantitative estimate of drug-likeness (QED) is 0.889. The van der Waals surface area contributed by atoms with Gasteiger partial charge in [0.15, 0.2) is 0 Å². The van der Waals surface area contributed by atoms with Crippen molar-refractivity contribution in [3.63, 3.8) is 0 Å². The summed E-state index contributed by atoms with van der Waals surface area (Å²) in [6, 6.07) is 4.26. The van der Waals surface area contributed by atoms with E-state index >= 15 is 0 Å². The molecule has 1 N–H and O–H groups in total. The molecule has 0 atom stereocenters. The van der Waals surface area contributed by atoms with Crippen LogP contribution in [0.15, 0.2) is 24.5 Å². The van der Waals surface area contributed by atoms with Crippen LogP contribution >= 0.6 is 0 Å². The average molecular weight is 318 g/mol. The predicted molar refractivity (Wildman–Crippen MR) is 87.8 cm³/mol. The molecule has 0 aliphatic carbocycles. The van der Waals surface area contributed by atoms with Gasteiger partial charge in [-0.15, -0.1) is 0 Å². The van der Waals surface area contributed by atoms with E-state index in [9.17, 15) is 9.18 Å². The van der Waals surface area contributed by atoms with Crippen LogP contribution in [0.5, 0.6) is 0 Å². The Morgan fingerprint density at radius 2 is 2.00 bits per heavy atom. The molecule has 0 aliphatic rings. The number of hydrogen-bond donors (Lipinski definition) is 1. The summed E-state index contributed by atoms with van der Waals surface area (Å²) in [6.07, 6.45) is 1.63. The first-order chi connectivity index (χ1) is 10.9. The van der Waals surface area contributed by atoms with E-state index < -0.39 is 0 Å². The van der Waals surface area contributed by atoms with Gasteiger partial charge in [0, 0.05) is 24.3 Å². The van der Waals surface area contributed by atoms with Crippen LogP contribution in [0.25, 0.3) is 0 Å². The molecule has 1 aromatic carbocycles. The second kappa shape index (κ2) is 7.37. The lowest BCUT2D eigenvalue weighted by Crippen LogP contribution is -2.36. The van der Waals surface area contributed by atoms with Crippen LogP contribution in [-0.2, 0) is 6.54 Å². The number of aromatic nitrogens is 2. The lowest BCUT2D eigenvalue weighted by molar-refractivity contribution is 0.0729. The number of benzene rings is 1. The normalized spacial score (nSPS) is 11.0. The number of aryl methyl sites for hydroxylation is 2. The summed E-state index contributed by atoms with van der Waals surface area (Å²) in [4.78, 5) is 24.0. The van der Waals surface area contributed by atoms with E-state index in [0.717, 1.165) is 17.9 Å². The Balaban J connectivity index is 2.24. The molecule has 6 heteroatoms. The number of rotatable bonds is 6. The number of amides is 1. The minimum atomic E-state index is -0.331. The number of nitrogens with one attached hydrogen (secondary N) is 1. The monoisotopic (exact) mass is 318 g/mol.